The van der Waals surface area contributed by atoms with Crippen molar-refractivity contribution in [2.24, 2.45) is 0 Å². The fourth-order valence-electron chi connectivity index (χ4n) is 1.97. The number of carbonyl (C=O) groups excluding carboxylic acids is 1. The van der Waals surface area contributed by atoms with Crippen LogP contribution < -0.4 is 10.1 Å². The summed E-state index contributed by atoms with van der Waals surface area (Å²) >= 11 is 1.55. The predicted molar refractivity (Wildman–Crippen MR) is 92.2 cm³/mol. The molecule has 0 spiro atoms. The Kier molecular flexibility index (Phi) is 6.52. The number of thioether (sulfide) groups is 1. The number of nitrogens with zero attached hydrogens (tertiary/aromatic N) is 1. The molecule has 0 saturated heterocycles. The van der Waals surface area contributed by atoms with Crippen LogP contribution >= 0.6 is 11.8 Å². The minimum Gasteiger partial charge on any atom is -0.497 e. The van der Waals surface area contributed by atoms with Gasteiger partial charge in [0.1, 0.15) is 5.75 Å². The summed E-state index contributed by atoms with van der Waals surface area (Å²) in [6.07, 6.45) is 0. The molecule has 1 N–H and O–H groups in total. The molecule has 0 unspecified atom stereocenters. The summed E-state index contributed by atoms with van der Waals surface area (Å²) in [6.45, 7) is 0.494. The largest absolute Gasteiger partial charge is 0.497 e. The molecule has 0 atom stereocenters. The molecule has 0 saturated carbocycles. The number of hydrogen-bond donors (Lipinski definition) is 1. The van der Waals surface area contributed by atoms with Gasteiger partial charge in [-0.15, -0.1) is 11.8 Å². The van der Waals surface area contributed by atoms with E-state index in [0.29, 0.717) is 17.9 Å². The molecule has 118 valence electrons. The molecule has 1 amide bonds. The highest BCUT2D eigenvalue weighted by atomic mass is 32.2. The Labute approximate surface area is 140 Å². The second-order valence-electron chi connectivity index (χ2n) is 4.93. The van der Waals surface area contributed by atoms with E-state index < -0.39 is 0 Å². The van der Waals surface area contributed by atoms with Gasteiger partial charge in [-0.05, 0) is 35.4 Å². The number of ether oxygens (including phenoxy) is 1. The van der Waals surface area contributed by atoms with E-state index in [1.54, 1.807) is 31.0 Å². The Morgan fingerprint density at radius 1 is 1.22 bits per heavy atom. The van der Waals surface area contributed by atoms with Crippen molar-refractivity contribution in [3.63, 3.8) is 0 Å². The molecule has 0 bridgehead atoms. The van der Waals surface area contributed by atoms with Gasteiger partial charge in [0.25, 0.3) is 0 Å². The third kappa shape index (κ3) is 5.68. The monoisotopic (exact) mass is 326 g/mol. The maximum atomic E-state index is 11.9. The van der Waals surface area contributed by atoms with Crippen molar-refractivity contribution in [1.82, 2.24) is 5.32 Å². The minimum atomic E-state index is 0.00599. The molecular formula is C18H18N2O2S. The average Bonchev–Trinajstić information content (AvgIpc) is 2.61. The van der Waals surface area contributed by atoms with Crippen molar-refractivity contribution in [2.45, 2.75) is 12.3 Å². The quantitative estimate of drug-likeness (QED) is 0.849. The summed E-state index contributed by atoms with van der Waals surface area (Å²) in [5.41, 5.74) is 2.76. The molecule has 0 aliphatic carbocycles. The normalized spacial score (nSPS) is 9.91. The van der Waals surface area contributed by atoms with E-state index >= 15 is 0 Å². The highest BCUT2D eigenvalue weighted by molar-refractivity contribution is 7.99. The van der Waals surface area contributed by atoms with Gasteiger partial charge in [0.15, 0.2) is 0 Å². The molecule has 5 heteroatoms. The number of nitriles is 1. The summed E-state index contributed by atoms with van der Waals surface area (Å²) in [6, 6.07) is 17.1. The third-order valence-corrected chi connectivity index (χ3v) is 4.21. The van der Waals surface area contributed by atoms with E-state index in [1.807, 2.05) is 36.4 Å². The van der Waals surface area contributed by atoms with Crippen molar-refractivity contribution in [3.8, 4) is 11.8 Å². The van der Waals surface area contributed by atoms with Crippen molar-refractivity contribution in [3.05, 3.63) is 65.2 Å². The molecule has 0 aromatic heterocycles. The number of nitrogens with one attached hydrogen (secondary N) is 1. The summed E-state index contributed by atoms with van der Waals surface area (Å²) in [7, 11) is 1.62. The lowest BCUT2D eigenvalue weighted by atomic mass is 10.2. The number of rotatable bonds is 7. The fourth-order valence-corrected chi connectivity index (χ4v) is 2.79. The first-order valence-electron chi connectivity index (χ1n) is 7.17. The topological polar surface area (TPSA) is 62.1 Å². The standard InChI is InChI=1S/C18H18N2O2S/c1-22-17-4-2-3-16(9-17)11-20-18(21)13-23-12-15-7-5-14(10-19)6-8-15/h2-9H,11-13H2,1H3,(H,20,21). The molecule has 0 heterocycles. The minimum absolute atomic E-state index is 0.00599. The second-order valence-corrected chi connectivity index (χ2v) is 5.92. The van der Waals surface area contributed by atoms with Gasteiger partial charge < -0.3 is 10.1 Å². The van der Waals surface area contributed by atoms with Gasteiger partial charge >= 0.3 is 0 Å². The summed E-state index contributed by atoms with van der Waals surface area (Å²) in [5.74, 6) is 1.95. The highest BCUT2D eigenvalue weighted by Crippen LogP contribution is 2.14. The Balaban J connectivity index is 1.71. The second kappa shape index (κ2) is 8.86. The Morgan fingerprint density at radius 2 is 2.00 bits per heavy atom. The first kappa shape index (κ1) is 16.9. The van der Waals surface area contributed by atoms with Gasteiger partial charge in [-0.3, -0.25) is 4.79 Å². The van der Waals surface area contributed by atoms with Crippen LogP contribution in [-0.4, -0.2) is 18.8 Å². The summed E-state index contributed by atoms with van der Waals surface area (Å²) in [5, 5.41) is 11.6. The zero-order valence-electron chi connectivity index (χ0n) is 12.9. The number of benzene rings is 2. The van der Waals surface area contributed by atoms with Crippen LogP contribution in [0.4, 0.5) is 0 Å². The molecule has 0 aliphatic heterocycles. The predicted octanol–water partition coefficient (Wildman–Crippen LogP) is 3.12. The Morgan fingerprint density at radius 3 is 2.70 bits per heavy atom. The van der Waals surface area contributed by atoms with Gasteiger partial charge in [0, 0.05) is 12.3 Å². The van der Waals surface area contributed by atoms with Gasteiger partial charge in [0.05, 0.1) is 24.5 Å². The van der Waals surface area contributed by atoms with E-state index in [2.05, 4.69) is 11.4 Å². The third-order valence-electron chi connectivity index (χ3n) is 3.21. The first-order valence-corrected chi connectivity index (χ1v) is 8.33. The van der Waals surface area contributed by atoms with Crippen LogP contribution in [0, 0.1) is 11.3 Å². The van der Waals surface area contributed by atoms with Crippen LogP contribution in [0.2, 0.25) is 0 Å². The maximum absolute atomic E-state index is 11.9. The molecule has 2 aromatic rings. The number of carbonyl (C=O) groups is 1. The lowest BCUT2D eigenvalue weighted by Crippen LogP contribution is -2.24. The molecule has 0 radical (unpaired) electrons. The van der Waals surface area contributed by atoms with Gasteiger partial charge in [-0.1, -0.05) is 24.3 Å². The zero-order valence-corrected chi connectivity index (χ0v) is 13.7. The number of hydrogen-bond acceptors (Lipinski definition) is 4. The zero-order chi connectivity index (χ0) is 16.5. The SMILES string of the molecule is COc1cccc(CNC(=O)CSCc2ccc(C#N)cc2)c1. The average molecular weight is 326 g/mol. The van der Waals surface area contributed by atoms with Crippen LogP contribution in [0.15, 0.2) is 48.5 Å². The lowest BCUT2D eigenvalue weighted by Gasteiger charge is -2.07. The van der Waals surface area contributed by atoms with Gasteiger partial charge in [0.2, 0.25) is 5.91 Å². The molecule has 23 heavy (non-hydrogen) atoms. The molecule has 4 nitrogen and oxygen atoms in total. The number of amides is 1. The summed E-state index contributed by atoms with van der Waals surface area (Å²) < 4.78 is 5.16. The smallest absolute Gasteiger partial charge is 0.230 e. The maximum Gasteiger partial charge on any atom is 0.230 e. The molecule has 0 aliphatic rings. The molecular weight excluding hydrogens is 308 g/mol. The van der Waals surface area contributed by atoms with Crippen LogP contribution in [0.3, 0.4) is 0 Å². The number of methoxy groups -OCH3 is 1. The Hall–Kier alpha value is -2.45. The van der Waals surface area contributed by atoms with Crippen molar-refractivity contribution >= 4 is 17.7 Å². The van der Waals surface area contributed by atoms with Crippen molar-refractivity contribution < 1.29 is 9.53 Å². The first-order chi connectivity index (χ1) is 11.2. The van der Waals surface area contributed by atoms with Crippen LogP contribution in [0.5, 0.6) is 5.75 Å². The molecule has 0 fully saturated rings. The highest BCUT2D eigenvalue weighted by Gasteiger charge is 2.03. The van der Waals surface area contributed by atoms with E-state index in [4.69, 9.17) is 10.00 Å². The van der Waals surface area contributed by atoms with E-state index in [-0.39, 0.29) is 5.91 Å². The molecule has 2 rings (SSSR count). The van der Waals surface area contributed by atoms with Gasteiger partial charge in [-0.2, -0.15) is 5.26 Å². The van der Waals surface area contributed by atoms with Crippen LogP contribution in [0.1, 0.15) is 16.7 Å². The van der Waals surface area contributed by atoms with Crippen LogP contribution in [-0.2, 0) is 17.1 Å². The van der Waals surface area contributed by atoms with Gasteiger partial charge in [-0.25, -0.2) is 0 Å². The Bertz CT molecular complexity index is 693. The van der Waals surface area contributed by atoms with Crippen molar-refractivity contribution in [1.29, 1.82) is 5.26 Å². The van der Waals surface area contributed by atoms with Crippen LogP contribution in [0.25, 0.3) is 0 Å². The van der Waals surface area contributed by atoms with E-state index in [9.17, 15) is 4.79 Å². The summed E-state index contributed by atoms with van der Waals surface area (Å²) in [4.78, 5) is 11.9. The van der Waals surface area contributed by atoms with E-state index in [1.165, 1.54) is 0 Å². The lowest BCUT2D eigenvalue weighted by molar-refractivity contribution is -0.118. The van der Waals surface area contributed by atoms with E-state index in [0.717, 1.165) is 22.6 Å². The molecule has 2 aromatic carbocycles. The fraction of sp³-hybridized carbons (Fsp3) is 0.222. The van der Waals surface area contributed by atoms with Crippen molar-refractivity contribution in [2.75, 3.05) is 12.9 Å².